The molecular formula is C21H16NO4P. The molecule has 0 fully saturated rings. The Hall–Kier alpha value is -3.30. The molecule has 0 N–H and O–H groups in total. The van der Waals surface area contributed by atoms with E-state index < -0.39 is 7.82 Å². The number of para-hydroxylation sites is 3. The van der Waals surface area contributed by atoms with Crippen LogP contribution in [0.5, 0.6) is 17.4 Å². The van der Waals surface area contributed by atoms with Crippen LogP contribution in [-0.2, 0) is 4.57 Å². The fraction of sp³-hybridized carbons (Fsp3) is 0. The summed E-state index contributed by atoms with van der Waals surface area (Å²) in [7, 11) is -4.03. The van der Waals surface area contributed by atoms with Gasteiger partial charge in [0, 0.05) is 11.5 Å². The number of phosphoric ester groups is 1. The fourth-order valence-corrected chi connectivity index (χ4v) is 3.69. The second kappa shape index (κ2) is 7.52. The first-order valence-corrected chi connectivity index (χ1v) is 9.81. The highest BCUT2D eigenvalue weighted by atomic mass is 31.2. The summed E-state index contributed by atoms with van der Waals surface area (Å²) in [6.45, 7) is 0. The lowest BCUT2D eigenvalue weighted by Gasteiger charge is -2.19. The normalized spacial score (nSPS) is 11.1. The number of hydrogen-bond acceptors (Lipinski definition) is 5. The van der Waals surface area contributed by atoms with Crippen LogP contribution < -0.4 is 13.6 Å². The number of benzene rings is 3. The SMILES string of the molecule is O=P(Oc1ccccc1)(Oc1ccccc1)Oc1ccc2ccccc2n1. The summed E-state index contributed by atoms with van der Waals surface area (Å²) in [5.41, 5.74) is 0.723. The van der Waals surface area contributed by atoms with Gasteiger partial charge < -0.3 is 13.6 Å². The molecule has 6 heteroatoms. The highest BCUT2D eigenvalue weighted by molar-refractivity contribution is 7.49. The topological polar surface area (TPSA) is 57.7 Å². The summed E-state index contributed by atoms with van der Waals surface area (Å²) in [6.07, 6.45) is 0. The van der Waals surface area contributed by atoms with E-state index in [1.165, 1.54) is 0 Å². The van der Waals surface area contributed by atoms with Crippen molar-refractivity contribution in [3.05, 3.63) is 97.1 Å². The molecule has 0 saturated heterocycles. The van der Waals surface area contributed by atoms with Crippen molar-refractivity contribution < 1.29 is 18.1 Å². The van der Waals surface area contributed by atoms with Crippen LogP contribution in [0.4, 0.5) is 0 Å². The molecular weight excluding hydrogens is 361 g/mol. The third kappa shape index (κ3) is 4.27. The summed E-state index contributed by atoms with van der Waals surface area (Å²) in [5, 5.41) is 0.952. The van der Waals surface area contributed by atoms with E-state index in [0.717, 1.165) is 10.9 Å². The van der Waals surface area contributed by atoms with Crippen molar-refractivity contribution in [2.24, 2.45) is 0 Å². The van der Waals surface area contributed by atoms with Gasteiger partial charge in [-0.2, -0.15) is 4.57 Å². The third-order valence-electron chi connectivity index (χ3n) is 3.70. The summed E-state index contributed by atoms with van der Waals surface area (Å²) in [6, 6.07) is 28.5. The Kier molecular flexibility index (Phi) is 4.77. The first-order valence-electron chi connectivity index (χ1n) is 8.35. The van der Waals surface area contributed by atoms with Gasteiger partial charge in [0.05, 0.1) is 5.52 Å². The molecule has 0 saturated carbocycles. The minimum absolute atomic E-state index is 0.156. The van der Waals surface area contributed by atoms with E-state index in [2.05, 4.69) is 4.98 Å². The maximum absolute atomic E-state index is 13.4. The van der Waals surface area contributed by atoms with Crippen LogP contribution in [0, 0.1) is 0 Å². The van der Waals surface area contributed by atoms with Crippen molar-refractivity contribution >= 4 is 18.7 Å². The number of pyridine rings is 1. The zero-order valence-electron chi connectivity index (χ0n) is 14.3. The quantitative estimate of drug-likeness (QED) is 0.393. The molecule has 0 radical (unpaired) electrons. The largest absolute Gasteiger partial charge is 0.648 e. The van der Waals surface area contributed by atoms with Crippen molar-refractivity contribution in [3.8, 4) is 17.4 Å². The van der Waals surface area contributed by atoms with Gasteiger partial charge in [0.1, 0.15) is 11.5 Å². The van der Waals surface area contributed by atoms with Gasteiger partial charge in [-0.15, -0.1) is 0 Å². The van der Waals surface area contributed by atoms with Crippen LogP contribution in [0.25, 0.3) is 10.9 Å². The minimum Gasteiger partial charge on any atom is -0.386 e. The second-order valence-corrected chi connectivity index (χ2v) is 7.13. The van der Waals surface area contributed by atoms with E-state index in [9.17, 15) is 4.57 Å². The highest BCUT2D eigenvalue weighted by Crippen LogP contribution is 2.49. The van der Waals surface area contributed by atoms with Gasteiger partial charge in [0.25, 0.3) is 0 Å². The second-order valence-electron chi connectivity index (χ2n) is 5.69. The Morgan fingerprint density at radius 2 is 1.15 bits per heavy atom. The number of hydrogen-bond donors (Lipinski definition) is 0. The molecule has 4 aromatic rings. The van der Waals surface area contributed by atoms with Crippen LogP contribution in [0.2, 0.25) is 0 Å². The lowest BCUT2D eigenvalue weighted by atomic mass is 10.2. The molecule has 0 unspecified atom stereocenters. The molecule has 0 aliphatic carbocycles. The molecule has 27 heavy (non-hydrogen) atoms. The van der Waals surface area contributed by atoms with Gasteiger partial charge in [-0.1, -0.05) is 54.6 Å². The summed E-state index contributed by atoms with van der Waals surface area (Å²) in [5.74, 6) is 0.902. The lowest BCUT2D eigenvalue weighted by Crippen LogP contribution is -2.08. The number of aromatic nitrogens is 1. The predicted molar refractivity (Wildman–Crippen MR) is 104 cm³/mol. The monoisotopic (exact) mass is 377 g/mol. The molecule has 1 aromatic heterocycles. The molecule has 0 atom stereocenters. The average molecular weight is 377 g/mol. The van der Waals surface area contributed by atoms with Crippen molar-refractivity contribution in [2.45, 2.75) is 0 Å². The Bertz CT molecular complexity index is 1040. The molecule has 1 heterocycles. The molecule has 0 aliphatic heterocycles. The smallest absolute Gasteiger partial charge is 0.386 e. The Morgan fingerprint density at radius 1 is 0.593 bits per heavy atom. The zero-order valence-corrected chi connectivity index (χ0v) is 15.2. The van der Waals surface area contributed by atoms with Crippen LogP contribution in [0.15, 0.2) is 97.1 Å². The molecule has 4 rings (SSSR count). The summed E-state index contributed by atoms with van der Waals surface area (Å²) >= 11 is 0. The molecule has 0 amide bonds. The van der Waals surface area contributed by atoms with Gasteiger partial charge >= 0.3 is 7.82 Å². The highest BCUT2D eigenvalue weighted by Gasteiger charge is 2.33. The molecule has 3 aromatic carbocycles. The van der Waals surface area contributed by atoms with Crippen LogP contribution in [-0.4, -0.2) is 4.98 Å². The Balaban J connectivity index is 1.66. The van der Waals surface area contributed by atoms with E-state index in [1.54, 1.807) is 54.6 Å². The van der Waals surface area contributed by atoms with Gasteiger partial charge in [-0.25, -0.2) is 4.98 Å². The molecule has 5 nitrogen and oxygen atoms in total. The summed E-state index contributed by atoms with van der Waals surface area (Å²) < 4.78 is 30.2. The zero-order chi connectivity index (χ0) is 18.5. The number of nitrogens with zero attached hydrogens (tertiary/aromatic N) is 1. The first-order chi connectivity index (χ1) is 13.2. The lowest BCUT2D eigenvalue weighted by molar-refractivity contribution is 0.295. The maximum atomic E-state index is 13.4. The van der Waals surface area contributed by atoms with E-state index in [4.69, 9.17) is 13.6 Å². The molecule has 0 bridgehead atoms. The number of phosphoric acid groups is 1. The van der Waals surface area contributed by atoms with Gasteiger partial charge in [0.2, 0.25) is 5.88 Å². The third-order valence-corrected chi connectivity index (χ3v) is 4.98. The molecule has 134 valence electrons. The van der Waals surface area contributed by atoms with E-state index in [-0.39, 0.29) is 5.88 Å². The van der Waals surface area contributed by atoms with Gasteiger partial charge in [0.15, 0.2) is 0 Å². The maximum Gasteiger partial charge on any atom is 0.648 e. The van der Waals surface area contributed by atoms with E-state index in [0.29, 0.717) is 11.5 Å². The minimum atomic E-state index is -4.03. The van der Waals surface area contributed by atoms with Gasteiger partial charge in [-0.05, 0) is 36.4 Å². The van der Waals surface area contributed by atoms with Gasteiger partial charge in [-0.3, -0.25) is 0 Å². The van der Waals surface area contributed by atoms with Crippen molar-refractivity contribution in [3.63, 3.8) is 0 Å². The van der Waals surface area contributed by atoms with Crippen LogP contribution >= 0.6 is 7.82 Å². The Morgan fingerprint density at radius 3 is 1.78 bits per heavy atom. The number of rotatable bonds is 6. The number of fused-ring (bicyclic) bond motifs is 1. The first kappa shape index (κ1) is 17.1. The average Bonchev–Trinajstić information content (AvgIpc) is 2.69. The standard InChI is InChI=1S/C21H16NO4P/c23-27(24-18-10-3-1-4-11-18,25-19-12-5-2-6-13-19)26-21-16-15-17-9-7-8-14-20(17)22-21/h1-16H. The van der Waals surface area contributed by atoms with Crippen molar-refractivity contribution in [2.75, 3.05) is 0 Å². The van der Waals surface area contributed by atoms with Crippen LogP contribution in [0.3, 0.4) is 0 Å². The fourth-order valence-electron chi connectivity index (χ4n) is 2.49. The Labute approximate surface area is 156 Å². The van der Waals surface area contributed by atoms with Crippen molar-refractivity contribution in [1.29, 1.82) is 0 Å². The summed E-state index contributed by atoms with van der Waals surface area (Å²) in [4.78, 5) is 4.39. The predicted octanol–water partition coefficient (Wildman–Crippen LogP) is 5.88. The molecule has 0 spiro atoms. The van der Waals surface area contributed by atoms with Crippen molar-refractivity contribution in [1.82, 2.24) is 4.98 Å². The van der Waals surface area contributed by atoms with E-state index >= 15 is 0 Å². The molecule has 0 aliphatic rings. The van der Waals surface area contributed by atoms with Crippen LogP contribution in [0.1, 0.15) is 0 Å². The van der Waals surface area contributed by atoms with E-state index in [1.807, 2.05) is 42.5 Å².